The van der Waals surface area contributed by atoms with E-state index in [9.17, 15) is 9.90 Å². The highest BCUT2D eigenvalue weighted by molar-refractivity contribution is 5.76. The Balaban J connectivity index is 1.72. The van der Waals surface area contributed by atoms with Gasteiger partial charge in [0.05, 0.1) is 6.54 Å². The molecule has 0 saturated heterocycles. The molecule has 0 saturated carbocycles. The summed E-state index contributed by atoms with van der Waals surface area (Å²) in [6.45, 7) is 7.78. The molecular weight excluding hydrogens is 308 g/mol. The van der Waals surface area contributed by atoms with Crippen LogP contribution >= 0.6 is 0 Å². The van der Waals surface area contributed by atoms with Gasteiger partial charge in [-0.1, -0.05) is 24.8 Å². The van der Waals surface area contributed by atoms with Crippen molar-refractivity contribution in [2.45, 2.75) is 32.1 Å². The molecule has 2 aromatic rings. The van der Waals surface area contributed by atoms with Gasteiger partial charge < -0.3 is 14.6 Å². The van der Waals surface area contributed by atoms with E-state index in [4.69, 9.17) is 9.47 Å². The van der Waals surface area contributed by atoms with Crippen LogP contribution in [0.4, 0.5) is 0 Å². The number of aliphatic hydroxyl groups excluding tert-OH is 1. The first kappa shape index (κ1) is 16.3. The van der Waals surface area contributed by atoms with Crippen molar-refractivity contribution < 1.29 is 14.6 Å². The predicted molar refractivity (Wildman–Crippen MR) is 90.2 cm³/mol. The van der Waals surface area contributed by atoms with Gasteiger partial charge >= 0.3 is 0 Å². The molecule has 126 valence electrons. The molecule has 0 fully saturated rings. The highest BCUT2D eigenvalue weighted by Crippen LogP contribution is 2.38. The molecule has 1 atom stereocenters. The summed E-state index contributed by atoms with van der Waals surface area (Å²) < 4.78 is 12.5. The molecule has 0 spiro atoms. The first-order valence-electron chi connectivity index (χ1n) is 7.72. The lowest BCUT2D eigenvalue weighted by Gasteiger charge is -2.17. The van der Waals surface area contributed by atoms with Crippen LogP contribution in [0.1, 0.15) is 19.4 Å². The Hall–Kier alpha value is -2.60. The lowest BCUT2D eigenvalue weighted by molar-refractivity contribution is 0.0911. The Kier molecular flexibility index (Phi) is 4.15. The number of nitrogens with zero attached hydrogens (tertiary/aromatic N) is 2. The van der Waals surface area contributed by atoms with E-state index >= 15 is 0 Å². The number of hydrogen-bond acceptors (Lipinski definition) is 5. The van der Waals surface area contributed by atoms with Crippen LogP contribution in [0.3, 0.4) is 0 Å². The van der Waals surface area contributed by atoms with Gasteiger partial charge in [-0.2, -0.15) is 0 Å². The van der Waals surface area contributed by atoms with Gasteiger partial charge in [-0.05, 0) is 26.0 Å². The number of hydrogen-bond donors (Lipinski definition) is 1. The second kappa shape index (κ2) is 6.13. The molecule has 3 rings (SSSR count). The molecule has 2 heterocycles. The molecule has 0 radical (unpaired) electrons. The van der Waals surface area contributed by atoms with Gasteiger partial charge in [-0.25, -0.2) is 4.98 Å². The molecule has 6 heteroatoms. The third kappa shape index (κ3) is 3.05. The zero-order valence-electron chi connectivity index (χ0n) is 13.7. The van der Waals surface area contributed by atoms with Gasteiger partial charge in [-0.15, -0.1) is 0 Å². The van der Waals surface area contributed by atoms with Crippen molar-refractivity contribution in [2.24, 2.45) is 0 Å². The summed E-state index contributed by atoms with van der Waals surface area (Å²) in [6, 6.07) is 9.20. The average Bonchev–Trinajstić information content (AvgIpc) is 2.79. The SMILES string of the molecule is C=C1c2c(ncn(CC(O)COc3ccccc3)c2=O)OC1(C)C. The zero-order valence-corrected chi connectivity index (χ0v) is 13.7. The normalized spacial score (nSPS) is 16.4. The van der Waals surface area contributed by atoms with Crippen LogP contribution in [0.2, 0.25) is 0 Å². The van der Waals surface area contributed by atoms with E-state index in [0.717, 1.165) is 0 Å². The largest absolute Gasteiger partial charge is 0.491 e. The molecule has 0 amide bonds. The number of benzene rings is 1. The summed E-state index contributed by atoms with van der Waals surface area (Å²) in [6.07, 6.45) is 0.535. The molecule has 1 aromatic carbocycles. The number of aromatic nitrogens is 2. The average molecular weight is 328 g/mol. The van der Waals surface area contributed by atoms with Crippen LogP contribution < -0.4 is 15.0 Å². The molecule has 1 unspecified atom stereocenters. The number of rotatable bonds is 5. The smallest absolute Gasteiger partial charge is 0.264 e. The van der Waals surface area contributed by atoms with E-state index in [1.807, 2.05) is 32.0 Å². The van der Waals surface area contributed by atoms with Crippen molar-refractivity contribution in [3.8, 4) is 11.6 Å². The van der Waals surface area contributed by atoms with Crippen molar-refractivity contribution in [2.75, 3.05) is 6.61 Å². The van der Waals surface area contributed by atoms with E-state index in [2.05, 4.69) is 11.6 Å². The first-order valence-corrected chi connectivity index (χ1v) is 7.72. The van der Waals surface area contributed by atoms with Gasteiger partial charge in [0.15, 0.2) is 0 Å². The quantitative estimate of drug-likeness (QED) is 0.907. The van der Waals surface area contributed by atoms with Crippen molar-refractivity contribution >= 4 is 5.57 Å². The van der Waals surface area contributed by atoms with Crippen LogP contribution in [0.15, 0.2) is 48.0 Å². The number of fused-ring (bicyclic) bond motifs is 1. The summed E-state index contributed by atoms with van der Waals surface area (Å²) in [5, 5.41) is 10.1. The number of ether oxygens (including phenoxy) is 2. The third-order valence-corrected chi connectivity index (χ3v) is 3.98. The summed E-state index contributed by atoms with van der Waals surface area (Å²) in [7, 11) is 0. The van der Waals surface area contributed by atoms with E-state index in [-0.39, 0.29) is 18.7 Å². The Morgan fingerprint density at radius 3 is 2.79 bits per heavy atom. The van der Waals surface area contributed by atoms with Crippen LogP contribution in [0, 0.1) is 0 Å². The summed E-state index contributed by atoms with van der Waals surface area (Å²) in [4.78, 5) is 16.8. The third-order valence-electron chi connectivity index (χ3n) is 3.98. The zero-order chi connectivity index (χ0) is 17.3. The van der Waals surface area contributed by atoms with Crippen LogP contribution in [0.25, 0.3) is 5.57 Å². The van der Waals surface area contributed by atoms with Crippen LogP contribution in [0.5, 0.6) is 11.6 Å². The topological polar surface area (TPSA) is 73.6 Å². The molecule has 6 nitrogen and oxygen atoms in total. The van der Waals surface area contributed by atoms with Crippen molar-refractivity contribution in [1.29, 1.82) is 0 Å². The number of para-hydroxylation sites is 1. The lowest BCUT2D eigenvalue weighted by Crippen LogP contribution is -2.31. The Labute approximate surface area is 140 Å². The molecule has 1 aromatic heterocycles. The Morgan fingerprint density at radius 1 is 1.38 bits per heavy atom. The second-order valence-corrected chi connectivity index (χ2v) is 6.25. The predicted octanol–water partition coefficient (Wildman–Crippen LogP) is 1.87. The highest BCUT2D eigenvalue weighted by atomic mass is 16.5. The van der Waals surface area contributed by atoms with Crippen molar-refractivity contribution in [3.63, 3.8) is 0 Å². The Morgan fingerprint density at radius 2 is 2.08 bits per heavy atom. The van der Waals surface area contributed by atoms with E-state index in [1.54, 1.807) is 12.1 Å². The first-order chi connectivity index (χ1) is 11.4. The number of aliphatic hydroxyl groups is 1. The van der Waals surface area contributed by atoms with Gasteiger partial charge in [0.1, 0.15) is 36.0 Å². The summed E-state index contributed by atoms with van der Waals surface area (Å²) in [5.41, 5.74) is 0.0512. The fraction of sp³-hybridized carbons (Fsp3) is 0.333. The van der Waals surface area contributed by atoms with Crippen LogP contribution in [-0.4, -0.2) is 33.0 Å². The van der Waals surface area contributed by atoms with Crippen molar-refractivity contribution in [3.05, 3.63) is 59.2 Å². The Bertz CT molecular complexity index is 812. The van der Waals surface area contributed by atoms with E-state index in [0.29, 0.717) is 22.8 Å². The maximum Gasteiger partial charge on any atom is 0.264 e. The molecule has 1 aliphatic rings. The minimum Gasteiger partial charge on any atom is -0.491 e. The fourth-order valence-electron chi connectivity index (χ4n) is 2.53. The van der Waals surface area contributed by atoms with E-state index < -0.39 is 11.7 Å². The van der Waals surface area contributed by atoms with Gasteiger partial charge in [0.2, 0.25) is 5.88 Å². The minimum atomic E-state index is -0.841. The highest BCUT2D eigenvalue weighted by Gasteiger charge is 2.38. The monoisotopic (exact) mass is 328 g/mol. The molecule has 1 aliphatic heterocycles. The van der Waals surface area contributed by atoms with E-state index in [1.165, 1.54) is 10.9 Å². The molecule has 1 N–H and O–H groups in total. The van der Waals surface area contributed by atoms with Crippen LogP contribution in [-0.2, 0) is 6.54 Å². The lowest BCUT2D eigenvalue weighted by atomic mass is 9.97. The standard InChI is InChI=1S/C18H20N2O4/c1-12-15-16(24-18(12,2)3)19-11-20(17(15)22)9-13(21)10-23-14-7-5-4-6-8-14/h4-8,11,13,21H,1,9-10H2,2-3H3. The summed E-state index contributed by atoms with van der Waals surface area (Å²) >= 11 is 0. The second-order valence-electron chi connectivity index (χ2n) is 6.25. The summed E-state index contributed by atoms with van der Waals surface area (Å²) in [5.74, 6) is 0.959. The van der Waals surface area contributed by atoms with Gasteiger partial charge in [0, 0.05) is 5.57 Å². The van der Waals surface area contributed by atoms with Gasteiger partial charge in [0.25, 0.3) is 5.56 Å². The fourth-order valence-corrected chi connectivity index (χ4v) is 2.53. The molecular formula is C18H20N2O4. The molecule has 0 bridgehead atoms. The maximum atomic E-state index is 12.6. The molecule has 24 heavy (non-hydrogen) atoms. The minimum absolute atomic E-state index is 0.0798. The van der Waals surface area contributed by atoms with Crippen molar-refractivity contribution in [1.82, 2.24) is 9.55 Å². The molecule has 0 aliphatic carbocycles. The van der Waals surface area contributed by atoms with Gasteiger partial charge in [-0.3, -0.25) is 9.36 Å². The maximum absolute atomic E-state index is 12.6.